The van der Waals surface area contributed by atoms with Crippen molar-refractivity contribution in [3.05, 3.63) is 23.7 Å². The number of nitrogens with two attached hydrogens (primary N) is 1. The van der Waals surface area contributed by atoms with E-state index >= 15 is 0 Å². The summed E-state index contributed by atoms with van der Waals surface area (Å²) < 4.78 is 5.78. The Bertz CT molecular complexity index is 344. The minimum Gasteiger partial charge on any atom is -0.465 e. The molecule has 0 spiro atoms. The molecule has 0 aliphatic carbocycles. The van der Waals surface area contributed by atoms with E-state index in [2.05, 4.69) is 44.7 Å². The molecule has 0 bridgehead atoms. The predicted octanol–water partition coefficient (Wildman–Crippen LogP) is 3.04. The molecular weight excluding hydrogens is 224 g/mol. The van der Waals surface area contributed by atoms with Crippen LogP contribution in [0.2, 0.25) is 0 Å². The van der Waals surface area contributed by atoms with E-state index in [-0.39, 0.29) is 5.41 Å². The number of hydrogen-bond donors (Lipinski definition) is 1. The van der Waals surface area contributed by atoms with Crippen LogP contribution in [0, 0.1) is 5.41 Å². The van der Waals surface area contributed by atoms with Crippen molar-refractivity contribution in [1.82, 2.24) is 4.90 Å². The molecule has 0 aromatic carbocycles. The predicted molar refractivity (Wildman–Crippen MR) is 76.5 cm³/mol. The molecule has 0 unspecified atom stereocenters. The molecule has 0 aliphatic heterocycles. The lowest BCUT2D eigenvalue weighted by Crippen LogP contribution is -2.38. The highest BCUT2D eigenvalue weighted by molar-refractivity contribution is 5.07. The normalized spacial score (nSPS) is 12.3. The van der Waals surface area contributed by atoms with Crippen LogP contribution in [0.3, 0.4) is 0 Å². The van der Waals surface area contributed by atoms with Crippen LogP contribution in [-0.2, 0) is 13.0 Å². The zero-order valence-electron chi connectivity index (χ0n) is 12.3. The maximum Gasteiger partial charge on any atom is 0.118 e. The molecule has 1 rings (SSSR count). The van der Waals surface area contributed by atoms with E-state index < -0.39 is 0 Å². The number of rotatable bonds is 8. The molecule has 18 heavy (non-hydrogen) atoms. The van der Waals surface area contributed by atoms with E-state index in [1.54, 1.807) is 0 Å². The highest BCUT2D eigenvalue weighted by Gasteiger charge is 2.20. The molecule has 1 heterocycles. The van der Waals surface area contributed by atoms with Crippen molar-refractivity contribution >= 4 is 0 Å². The fraction of sp³-hybridized carbons (Fsp3) is 0.733. The topological polar surface area (TPSA) is 42.4 Å². The fourth-order valence-corrected chi connectivity index (χ4v) is 2.12. The van der Waals surface area contributed by atoms with Gasteiger partial charge in [0.1, 0.15) is 11.5 Å². The van der Waals surface area contributed by atoms with Gasteiger partial charge < -0.3 is 10.2 Å². The molecule has 0 saturated carbocycles. The molecule has 3 nitrogen and oxygen atoms in total. The lowest BCUT2D eigenvalue weighted by atomic mass is 9.93. The SMILES string of the molecule is CCCN(Cc1ccc(CC)o1)CC(C)(C)CN. The van der Waals surface area contributed by atoms with Gasteiger partial charge in [-0.05, 0) is 37.1 Å². The monoisotopic (exact) mass is 252 g/mol. The van der Waals surface area contributed by atoms with Crippen molar-refractivity contribution in [2.75, 3.05) is 19.6 Å². The molecule has 1 aromatic heterocycles. The molecule has 1 aromatic rings. The highest BCUT2D eigenvalue weighted by Crippen LogP contribution is 2.18. The summed E-state index contributed by atoms with van der Waals surface area (Å²) in [4.78, 5) is 2.44. The molecule has 0 aliphatic rings. The van der Waals surface area contributed by atoms with Crippen LogP contribution in [0.5, 0.6) is 0 Å². The Hall–Kier alpha value is -0.800. The summed E-state index contributed by atoms with van der Waals surface area (Å²) >= 11 is 0. The van der Waals surface area contributed by atoms with Crippen molar-refractivity contribution in [3.63, 3.8) is 0 Å². The Morgan fingerprint density at radius 3 is 2.39 bits per heavy atom. The van der Waals surface area contributed by atoms with Crippen molar-refractivity contribution in [1.29, 1.82) is 0 Å². The lowest BCUT2D eigenvalue weighted by molar-refractivity contribution is 0.165. The highest BCUT2D eigenvalue weighted by atomic mass is 16.3. The average Bonchev–Trinajstić information content (AvgIpc) is 2.76. The number of furan rings is 1. The van der Waals surface area contributed by atoms with Crippen LogP contribution in [0.4, 0.5) is 0 Å². The van der Waals surface area contributed by atoms with Gasteiger partial charge in [-0.2, -0.15) is 0 Å². The zero-order valence-corrected chi connectivity index (χ0v) is 12.3. The van der Waals surface area contributed by atoms with Gasteiger partial charge in [0.2, 0.25) is 0 Å². The molecule has 0 saturated heterocycles. The van der Waals surface area contributed by atoms with E-state index in [9.17, 15) is 0 Å². The summed E-state index contributed by atoms with van der Waals surface area (Å²) in [5.41, 5.74) is 5.98. The van der Waals surface area contributed by atoms with Crippen LogP contribution in [-0.4, -0.2) is 24.5 Å². The number of nitrogens with zero attached hydrogens (tertiary/aromatic N) is 1. The maximum absolute atomic E-state index is 5.82. The van der Waals surface area contributed by atoms with E-state index in [0.717, 1.165) is 44.0 Å². The molecule has 0 amide bonds. The second-order valence-corrected chi connectivity index (χ2v) is 5.80. The first-order valence-corrected chi connectivity index (χ1v) is 7.00. The number of hydrogen-bond acceptors (Lipinski definition) is 3. The van der Waals surface area contributed by atoms with Gasteiger partial charge in [0, 0.05) is 13.0 Å². The summed E-state index contributed by atoms with van der Waals surface area (Å²) in [5, 5.41) is 0. The quantitative estimate of drug-likeness (QED) is 0.773. The Morgan fingerprint density at radius 2 is 1.89 bits per heavy atom. The first kappa shape index (κ1) is 15.3. The summed E-state index contributed by atoms with van der Waals surface area (Å²) in [6.07, 6.45) is 2.12. The zero-order chi connectivity index (χ0) is 13.6. The smallest absolute Gasteiger partial charge is 0.118 e. The second-order valence-electron chi connectivity index (χ2n) is 5.80. The summed E-state index contributed by atoms with van der Waals surface area (Å²) in [6, 6.07) is 4.17. The first-order valence-electron chi connectivity index (χ1n) is 7.00. The summed E-state index contributed by atoms with van der Waals surface area (Å²) in [6.45, 7) is 12.5. The Balaban J connectivity index is 2.62. The standard InChI is InChI=1S/C15H28N2O/c1-5-9-17(12-15(3,4)11-16)10-14-8-7-13(6-2)18-14/h7-8H,5-6,9-12,16H2,1-4H3. The Kier molecular flexibility index (Phi) is 5.89. The molecule has 0 radical (unpaired) electrons. The van der Waals surface area contributed by atoms with Crippen LogP contribution in [0.1, 0.15) is 45.6 Å². The van der Waals surface area contributed by atoms with E-state index in [4.69, 9.17) is 10.2 Å². The van der Waals surface area contributed by atoms with Crippen molar-refractivity contribution in [3.8, 4) is 0 Å². The van der Waals surface area contributed by atoms with E-state index in [1.807, 2.05) is 0 Å². The van der Waals surface area contributed by atoms with Crippen LogP contribution >= 0.6 is 0 Å². The average molecular weight is 252 g/mol. The third kappa shape index (κ3) is 4.83. The Labute approximate surface area is 111 Å². The van der Waals surface area contributed by atoms with Gasteiger partial charge in [-0.1, -0.05) is 27.7 Å². The molecule has 0 fully saturated rings. The Morgan fingerprint density at radius 1 is 1.22 bits per heavy atom. The molecule has 3 heteroatoms. The molecule has 104 valence electrons. The maximum atomic E-state index is 5.82. The van der Waals surface area contributed by atoms with E-state index in [1.165, 1.54) is 0 Å². The molecule has 2 N–H and O–H groups in total. The third-order valence-corrected chi connectivity index (χ3v) is 3.19. The van der Waals surface area contributed by atoms with Crippen molar-refractivity contribution in [2.45, 2.75) is 47.1 Å². The largest absolute Gasteiger partial charge is 0.465 e. The minimum absolute atomic E-state index is 0.162. The van der Waals surface area contributed by atoms with Gasteiger partial charge in [-0.25, -0.2) is 0 Å². The van der Waals surface area contributed by atoms with Gasteiger partial charge in [0.05, 0.1) is 6.54 Å². The molecule has 0 atom stereocenters. The fourth-order valence-electron chi connectivity index (χ4n) is 2.12. The van der Waals surface area contributed by atoms with Crippen LogP contribution in [0.25, 0.3) is 0 Å². The molecular formula is C15H28N2O. The second kappa shape index (κ2) is 6.95. The van der Waals surface area contributed by atoms with Gasteiger partial charge >= 0.3 is 0 Å². The third-order valence-electron chi connectivity index (χ3n) is 3.19. The lowest BCUT2D eigenvalue weighted by Gasteiger charge is -2.31. The van der Waals surface area contributed by atoms with E-state index in [0.29, 0.717) is 6.54 Å². The van der Waals surface area contributed by atoms with Gasteiger partial charge in [-0.15, -0.1) is 0 Å². The first-order chi connectivity index (χ1) is 8.50. The van der Waals surface area contributed by atoms with Gasteiger partial charge in [0.15, 0.2) is 0 Å². The van der Waals surface area contributed by atoms with Gasteiger partial charge in [-0.3, -0.25) is 4.90 Å². The van der Waals surface area contributed by atoms with Crippen molar-refractivity contribution in [2.24, 2.45) is 11.1 Å². The van der Waals surface area contributed by atoms with Crippen LogP contribution in [0.15, 0.2) is 16.5 Å². The summed E-state index contributed by atoms with van der Waals surface area (Å²) in [7, 11) is 0. The minimum atomic E-state index is 0.162. The van der Waals surface area contributed by atoms with Crippen LogP contribution < -0.4 is 5.73 Å². The van der Waals surface area contributed by atoms with Gasteiger partial charge in [0.25, 0.3) is 0 Å². The summed E-state index contributed by atoms with van der Waals surface area (Å²) in [5.74, 6) is 2.13. The number of aryl methyl sites for hydroxylation is 1. The van der Waals surface area contributed by atoms with Crippen molar-refractivity contribution < 1.29 is 4.42 Å².